The number of ether oxygens (including phenoxy) is 2. The summed E-state index contributed by atoms with van der Waals surface area (Å²) in [7, 11) is 1.35. The van der Waals surface area contributed by atoms with Crippen molar-refractivity contribution in [2.75, 3.05) is 7.11 Å². The van der Waals surface area contributed by atoms with Crippen LogP contribution in [0.15, 0.2) is 35.2 Å². The second-order valence-corrected chi connectivity index (χ2v) is 6.78. The van der Waals surface area contributed by atoms with Gasteiger partial charge in [0.25, 0.3) is 0 Å². The van der Waals surface area contributed by atoms with Gasteiger partial charge < -0.3 is 9.47 Å². The molecule has 0 unspecified atom stereocenters. The molecule has 0 aliphatic carbocycles. The molecule has 1 aromatic rings. The third-order valence-corrected chi connectivity index (χ3v) is 5.63. The molecule has 5 heteroatoms. The Balaban J connectivity index is 1.86. The normalized spacial score (nSPS) is 31.2. The Morgan fingerprint density at radius 3 is 2.86 bits per heavy atom. The van der Waals surface area contributed by atoms with E-state index < -0.39 is 5.60 Å². The van der Waals surface area contributed by atoms with Gasteiger partial charge in [0.05, 0.1) is 19.6 Å². The van der Waals surface area contributed by atoms with Gasteiger partial charge in [0.15, 0.2) is 5.78 Å². The van der Waals surface area contributed by atoms with E-state index in [2.05, 4.69) is 0 Å². The summed E-state index contributed by atoms with van der Waals surface area (Å²) >= 11 is 1.63. The highest BCUT2D eigenvalue weighted by Gasteiger charge is 2.57. The van der Waals surface area contributed by atoms with Crippen LogP contribution >= 0.6 is 11.8 Å². The van der Waals surface area contributed by atoms with Gasteiger partial charge in [-0.2, -0.15) is 0 Å². The lowest BCUT2D eigenvalue weighted by atomic mass is 9.89. The van der Waals surface area contributed by atoms with Crippen molar-refractivity contribution in [2.24, 2.45) is 0 Å². The number of fused-ring (bicyclic) bond motifs is 2. The summed E-state index contributed by atoms with van der Waals surface area (Å²) < 4.78 is 10.7. The van der Waals surface area contributed by atoms with Crippen molar-refractivity contribution in [3.63, 3.8) is 0 Å². The summed E-state index contributed by atoms with van der Waals surface area (Å²) in [5, 5.41) is -0.0368. The second-order valence-electron chi connectivity index (χ2n) is 5.51. The van der Waals surface area contributed by atoms with Crippen LogP contribution in [0.2, 0.25) is 0 Å². The van der Waals surface area contributed by atoms with Crippen molar-refractivity contribution >= 4 is 23.5 Å². The molecule has 0 spiro atoms. The zero-order chi connectivity index (χ0) is 14.9. The monoisotopic (exact) mass is 306 g/mol. The molecule has 3 rings (SSSR count). The topological polar surface area (TPSA) is 52.6 Å². The molecule has 3 atom stereocenters. The van der Waals surface area contributed by atoms with Crippen molar-refractivity contribution < 1.29 is 19.1 Å². The fourth-order valence-electron chi connectivity index (χ4n) is 3.13. The maximum absolute atomic E-state index is 12.5. The number of carbonyl (C=O) groups excluding carboxylic acids is 2. The summed E-state index contributed by atoms with van der Waals surface area (Å²) in [5.74, 6) is -0.339. The lowest BCUT2D eigenvalue weighted by Crippen LogP contribution is -2.50. The number of carbonyl (C=O) groups is 2. The van der Waals surface area contributed by atoms with Crippen LogP contribution in [0.5, 0.6) is 0 Å². The Kier molecular flexibility index (Phi) is 4.04. The largest absolute Gasteiger partial charge is 0.469 e. The van der Waals surface area contributed by atoms with Crippen LogP contribution in [0.3, 0.4) is 0 Å². The molecule has 2 fully saturated rings. The van der Waals surface area contributed by atoms with Crippen molar-refractivity contribution in [2.45, 2.75) is 47.5 Å². The molecular weight excluding hydrogens is 288 g/mol. The molecular formula is C16H18O4S. The SMILES string of the molecule is COC(=O)C[C@]12O[C@H](CC[C@H]1Sc1ccccc1)CC2=O. The van der Waals surface area contributed by atoms with E-state index in [4.69, 9.17) is 9.47 Å². The van der Waals surface area contributed by atoms with Crippen LogP contribution in [-0.4, -0.2) is 35.8 Å². The van der Waals surface area contributed by atoms with Gasteiger partial charge >= 0.3 is 5.97 Å². The van der Waals surface area contributed by atoms with E-state index in [1.54, 1.807) is 11.8 Å². The second kappa shape index (κ2) is 5.81. The molecule has 2 aliphatic rings. The predicted octanol–water partition coefficient (Wildman–Crippen LogP) is 2.60. The average molecular weight is 306 g/mol. The maximum Gasteiger partial charge on any atom is 0.308 e. The van der Waals surface area contributed by atoms with E-state index >= 15 is 0 Å². The average Bonchev–Trinajstić information content (AvgIpc) is 2.75. The van der Waals surface area contributed by atoms with Crippen molar-refractivity contribution in [1.29, 1.82) is 0 Å². The number of benzene rings is 1. The highest BCUT2D eigenvalue weighted by atomic mass is 32.2. The molecule has 0 radical (unpaired) electrons. The van der Waals surface area contributed by atoms with Crippen LogP contribution in [0.25, 0.3) is 0 Å². The van der Waals surface area contributed by atoms with E-state index in [-0.39, 0.29) is 29.5 Å². The van der Waals surface area contributed by atoms with Crippen LogP contribution in [0, 0.1) is 0 Å². The minimum Gasteiger partial charge on any atom is -0.469 e. The molecule has 2 aliphatic heterocycles. The molecule has 112 valence electrons. The maximum atomic E-state index is 12.5. The highest BCUT2D eigenvalue weighted by Crippen LogP contribution is 2.48. The number of hydrogen-bond acceptors (Lipinski definition) is 5. The molecule has 21 heavy (non-hydrogen) atoms. The first-order valence-corrected chi connectivity index (χ1v) is 8.01. The van der Waals surface area contributed by atoms with E-state index in [1.807, 2.05) is 30.3 Å². The zero-order valence-electron chi connectivity index (χ0n) is 11.9. The van der Waals surface area contributed by atoms with Crippen LogP contribution in [0.1, 0.15) is 25.7 Å². The third-order valence-electron chi connectivity index (χ3n) is 4.19. The lowest BCUT2D eigenvalue weighted by molar-refractivity contribution is -0.156. The van der Waals surface area contributed by atoms with E-state index in [0.29, 0.717) is 6.42 Å². The third kappa shape index (κ3) is 2.72. The molecule has 2 saturated heterocycles. The molecule has 4 nitrogen and oxygen atoms in total. The zero-order valence-corrected chi connectivity index (χ0v) is 12.7. The first-order chi connectivity index (χ1) is 10.1. The number of esters is 1. The summed E-state index contributed by atoms with van der Waals surface area (Å²) in [6.07, 6.45) is 2.16. The van der Waals surface area contributed by atoms with Crippen molar-refractivity contribution in [3.8, 4) is 0 Å². The first-order valence-electron chi connectivity index (χ1n) is 7.14. The number of rotatable bonds is 4. The lowest BCUT2D eigenvalue weighted by Gasteiger charge is -2.38. The molecule has 0 amide bonds. The Morgan fingerprint density at radius 1 is 1.38 bits per heavy atom. The van der Waals surface area contributed by atoms with Gasteiger partial charge in [-0.3, -0.25) is 9.59 Å². The van der Waals surface area contributed by atoms with Gasteiger partial charge in [-0.15, -0.1) is 11.8 Å². The van der Waals surface area contributed by atoms with E-state index in [1.165, 1.54) is 7.11 Å². The molecule has 0 saturated carbocycles. The fraction of sp³-hybridized carbons (Fsp3) is 0.500. The molecule has 2 heterocycles. The molecule has 0 N–H and O–H groups in total. The summed E-state index contributed by atoms with van der Waals surface area (Å²) in [6.45, 7) is 0. The number of methoxy groups -OCH3 is 1. The number of Topliss-reactive ketones (excluding diaryl/α,β-unsaturated/α-hetero) is 1. The Hall–Kier alpha value is -1.33. The fourth-order valence-corrected chi connectivity index (χ4v) is 4.49. The van der Waals surface area contributed by atoms with Gasteiger partial charge in [0.1, 0.15) is 5.60 Å². The summed E-state index contributed by atoms with van der Waals surface area (Å²) in [4.78, 5) is 25.3. The molecule has 0 aromatic heterocycles. The smallest absolute Gasteiger partial charge is 0.308 e. The highest BCUT2D eigenvalue weighted by molar-refractivity contribution is 8.00. The van der Waals surface area contributed by atoms with E-state index in [9.17, 15) is 9.59 Å². The molecule has 1 aromatic carbocycles. The predicted molar refractivity (Wildman–Crippen MR) is 79.2 cm³/mol. The van der Waals surface area contributed by atoms with Gasteiger partial charge in [-0.05, 0) is 25.0 Å². The Labute approximate surface area is 128 Å². The van der Waals surface area contributed by atoms with Crippen LogP contribution < -0.4 is 0 Å². The first kappa shape index (κ1) is 14.6. The standard InChI is InChI=1S/C16H18O4S/c1-19-15(18)10-16-13(17)9-11(20-16)7-8-14(16)21-12-5-3-2-4-6-12/h2-6,11,14H,7-10H2,1H3/t11-,14-,16-/m1/s1. The quantitative estimate of drug-likeness (QED) is 0.800. The van der Waals surface area contributed by atoms with Crippen LogP contribution in [0.4, 0.5) is 0 Å². The van der Waals surface area contributed by atoms with Crippen molar-refractivity contribution in [3.05, 3.63) is 30.3 Å². The minimum absolute atomic E-state index is 0.0172. The van der Waals surface area contributed by atoms with Gasteiger partial charge in [-0.1, -0.05) is 18.2 Å². The van der Waals surface area contributed by atoms with Gasteiger partial charge in [0, 0.05) is 16.6 Å². The summed E-state index contributed by atoms with van der Waals surface area (Å²) in [5.41, 5.74) is -1.00. The number of thioether (sulfide) groups is 1. The van der Waals surface area contributed by atoms with Crippen LogP contribution in [-0.2, 0) is 19.1 Å². The number of hydrogen-bond donors (Lipinski definition) is 0. The van der Waals surface area contributed by atoms with Crippen molar-refractivity contribution in [1.82, 2.24) is 0 Å². The summed E-state index contributed by atoms with van der Waals surface area (Å²) in [6, 6.07) is 9.93. The Bertz CT molecular complexity index is 544. The van der Waals surface area contributed by atoms with Gasteiger partial charge in [-0.25, -0.2) is 0 Å². The van der Waals surface area contributed by atoms with Gasteiger partial charge in [0.2, 0.25) is 0 Å². The molecule has 2 bridgehead atoms. The Morgan fingerprint density at radius 2 is 2.14 bits per heavy atom. The minimum atomic E-state index is -1.00. The number of ketones is 1. The van der Waals surface area contributed by atoms with E-state index in [0.717, 1.165) is 17.7 Å².